The first-order valence-corrected chi connectivity index (χ1v) is 6.65. The molecule has 1 aliphatic carbocycles. The van der Waals surface area contributed by atoms with Gasteiger partial charge in [0.15, 0.2) is 0 Å². The lowest BCUT2D eigenvalue weighted by molar-refractivity contribution is -0.0612. The van der Waals surface area contributed by atoms with Crippen molar-refractivity contribution in [3.63, 3.8) is 0 Å². The third-order valence-corrected chi connectivity index (χ3v) is 5.10. The molecule has 0 N–H and O–H groups in total. The highest BCUT2D eigenvalue weighted by Gasteiger charge is 2.66. The first-order valence-electron chi connectivity index (χ1n) is 6.65. The zero-order chi connectivity index (χ0) is 12.3. The van der Waals surface area contributed by atoms with Gasteiger partial charge >= 0.3 is 0 Å². The van der Waals surface area contributed by atoms with E-state index >= 15 is 0 Å². The minimum absolute atomic E-state index is 0.0341. The highest BCUT2D eigenvalue weighted by Crippen LogP contribution is 2.66. The molecule has 2 fully saturated rings. The van der Waals surface area contributed by atoms with Gasteiger partial charge in [0.05, 0.1) is 11.7 Å². The van der Waals surface area contributed by atoms with Crippen molar-refractivity contribution in [1.82, 2.24) is 0 Å². The third kappa shape index (κ3) is 1.16. The van der Waals surface area contributed by atoms with Gasteiger partial charge < -0.3 is 4.74 Å². The Bertz CT molecular complexity index is 335. The van der Waals surface area contributed by atoms with E-state index in [1.54, 1.807) is 5.57 Å². The van der Waals surface area contributed by atoms with Crippen LogP contribution in [0.15, 0.2) is 11.1 Å². The molecule has 92 valence electrons. The van der Waals surface area contributed by atoms with Crippen molar-refractivity contribution in [3.05, 3.63) is 11.1 Å². The van der Waals surface area contributed by atoms with Gasteiger partial charge in [-0.2, -0.15) is 0 Å². The highest BCUT2D eigenvalue weighted by molar-refractivity contribution is 5.39. The molecule has 1 nitrogen and oxygen atoms in total. The summed E-state index contributed by atoms with van der Waals surface area (Å²) in [6, 6.07) is 0. The molecule has 2 aliphatic rings. The Morgan fingerprint density at radius 1 is 1.25 bits per heavy atom. The lowest BCUT2D eigenvalue weighted by atomic mass is 9.72. The minimum Gasteiger partial charge on any atom is -0.367 e. The summed E-state index contributed by atoms with van der Waals surface area (Å²) in [6.45, 7) is 16.2. The highest BCUT2D eigenvalue weighted by atomic mass is 16.5. The summed E-state index contributed by atoms with van der Waals surface area (Å²) in [7, 11) is 0. The second-order valence-electron chi connectivity index (χ2n) is 6.48. The molecule has 1 aliphatic heterocycles. The van der Waals surface area contributed by atoms with Crippen molar-refractivity contribution in [2.45, 2.75) is 66.6 Å². The normalized spacial score (nSPS) is 45.2. The lowest BCUT2D eigenvalue weighted by Crippen LogP contribution is -2.41. The Hall–Kier alpha value is -0.300. The van der Waals surface area contributed by atoms with Gasteiger partial charge in [0, 0.05) is 0 Å². The Morgan fingerprint density at radius 3 is 2.25 bits per heavy atom. The number of hydrogen-bond acceptors (Lipinski definition) is 1. The number of ether oxygens (including phenoxy) is 1. The first-order chi connectivity index (χ1) is 7.29. The van der Waals surface area contributed by atoms with Crippen molar-refractivity contribution < 1.29 is 4.74 Å². The second-order valence-corrected chi connectivity index (χ2v) is 6.48. The van der Waals surface area contributed by atoms with Crippen molar-refractivity contribution in [1.29, 1.82) is 0 Å². The molecule has 0 spiro atoms. The average molecular weight is 222 g/mol. The molecule has 0 aromatic carbocycles. The molecule has 2 bridgehead atoms. The van der Waals surface area contributed by atoms with Gasteiger partial charge in [-0.25, -0.2) is 0 Å². The maximum atomic E-state index is 6.36. The molecule has 16 heavy (non-hydrogen) atoms. The summed E-state index contributed by atoms with van der Waals surface area (Å²) >= 11 is 0. The van der Waals surface area contributed by atoms with Crippen LogP contribution in [0, 0.1) is 17.3 Å². The minimum atomic E-state index is 0.0341. The monoisotopic (exact) mass is 222 g/mol. The summed E-state index contributed by atoms with van der Waals surface area (Å²) in [6.07, 6.45) is 1.52. The Morgan fingerprint density at radius 2 is 1.81 bits per heavy atom. The van der Waals surface area contributed by atoms with Crippen LogP contribution < -0.4 is 0 Å². The third-order valence-electron chi connectivity index (χ3n) is 5.10. The van der Waals surface area contributed by atoms with Crippen LogP contribution in [0.25, 0.3) is 0 Å². The zero-order valence-corrected chi connectivity index (χ0v) is 11.8. The van der Waals surface area contributed by atoms with Crippen molar-refractivity contribution in [3.8, 4) is 0 Å². The van der Waals surface area contributed by atoms with Crippen LogP contribution in [-0.4, -0.2) is 11.7 Å². The van der Waals surface area contributed by atoms with E-state index in [2.05, 4.69) is 48.5 Å². The van der Waals surface area contributed by atoms with Gasteiger partial charge in [-0.05, 0) is 50.0 Å². The zero-order valence-electron chi connectivity index (χ0n) is 11.8. The fourth-order valence-corrected chi connectivity index (χ4v) is 5.07. The molecule has 1 heterocycles. The molecule has 0 radical (unpaired) electrons. The van der Waals surface area contributed by atoms with Crippen molar-refractivity contribution in [2.75, 3.05) is 0 Å². The Kier molecular flexibility index (Phi) is 2.55. The summed E-state index contributed by atoms with van der Waals surface area (Å²) < 4.78 is 6.36. The van der Waals surface area contributed by atoms with Gasteiger partial charge in [0.2, 0.25) is 0 Å². The predicted octanol–water partition coefficient (Wildman–Crippen LogP) is 4.18. The number of rotatable bonds is 1. The summed E-state index contributed by atoms with van der Waals surface area (Å²) in [5, 5.41) is 0. The molecule has 1 saturated heterocycles. The van der Waals surface area contributed by atoms with Gasteiger partial charge in [-0.1, -0.05) is 33.3 Å². The van der Waals surface area contributed by atoms with Crippen molar-refractivity contribution in [2.24, 2.45) is 17.3 Å². The molecule has 0 aromatic rings. The maximum absolute atomic E-state index is 6.36. The van der Waals surface area contributed by atoms with E-state index < -0.39 is 0 Å². The maximum Gasteiger partial charge on any atom is 0.0929 e. The fraction of sp³-hybridized carbons (Fsp3) is 0.867. The largest absolute Gasteiger partial charge is 0.367 e. The first kappa shape index (κ1) is 12.2. The van der Waals surface area contributed by atoms with E-state index in [0.717, 1.165) is 6.42 Å². The molecule has 4 atom stereocenters. The SMILES string of the molecule is CCC12OC(C)C(C1C)C(C)(C)C2=C(C)C. The van der Waals surface area contributed by atoms with E-state index in [9.17, 15) is 0 Å². The van der Waals surface area contributed by atoms with Crippen LogP contribution in [-0.2, 0) is 4.74 Å². The molecule has 1 saturated carbocycles. The predicted molar refractivity (Wildman–Crippen MR) is 68.4 cm³/mol. The van der Waals surface area contributed by atoms with Crippen LogP contribution in [0.3, 0.4) is 0 Å². The van der Waals surface area contributed by atoms with E-state index in [0.29, 0.717) is 23.4 Å². The fourth-order valence-electron chi connectivity index (χ4n) is 5.07. The van der Waals surface area contributed by atoms with Crippen LogP contribution in [0.4, 0.5) is 0 Å². The van der Waals surface area contributed by atoms with Crippen LogP contribution in [0.2, 0.25) is 0 Å². The van der Waals surface area contributed by atoms with E-state index in [4.69, 9.17) is 4.74 Å². The van der Waals surface area contributed by atoms with Gasteiger partial charge in [0.1, 0.15) is 0 Å². The Balaban J connectivity index is 2.62. The molecule has 0 aromatic heterocycles. The lowest BCUT2D eigenvalue weighted by Gasteiger charge is -2.42. The van der Waals surface area contributed by atoms with Gasteiger partial charge in [0.25, 0.3) is 0 Å². The van der Waals surface area contributed by atoms with E-state index in [1.807, 2.05) is 0 Å². The van der Waals surface area contributed by atoms with Gasteiger partial charge in [-0.15, -0.1) is 0 Å². The average Bonchev–Trinajstić information content (AvgIpc) is 2.46. The molecule has 1 heteroatoms. The molecule has 2 rings (SSSR count). The van der Waals surface area contributed by atoms with Gasteiger partial charge in [-0.3, -0.25) is 0 Å². The van der Waals surface area contributed by atoms with Crippen molar-refractivity contribution >= 4 is 0 Å². The molecule has 0 amide bonds. The number of allylic oxidation sites excluding steroid dienone is 1. The number of hydrogen-bond donors (Lipinski definition) is 0. The molecule has 4 unspecified atom stereocenters. The second kappa shape index (κ2) is 3.35. The number of fused-ring (bicyclic) bond motifs is 2. The van der Waals surface area contributed by atoms with Crippen LogP contribution in [0.5, 0.6) is 0 Å². The van der Waals surface area contributed by atoms with Crippen LogP contribution in [0.1, 0.15) is 54.9 Å². The smallest absolute Gasteiger partial charge is 0.0929 e. The quantitative estimate of drug-likeness (QED) is 0.605. The standard InChI is InChI=1S/C15H26O/c1-8-15-10(4)12(11(5)16-15)14(6,7)13(15)9(2)3/h10-12H,8H2,1-7H3. The molecular formula is C15H26O. The topological polar surface area (TPSA) is 9.23 Å². The van der Waals surface area contributed by atoms with E-state index in [-0.39, 0.29) is 5.60 Å². The summed E-state index contributed by atoms with van der Waals surface area (Å²) in [5.74, 6) is 1.34. The van der Waals surface area contributed by atoms with E-state index in [1.165, 1.54) is 5.57 Å². The summed E-state index contributed by atoms with van der Waals surface area (Å²) in [5.41, 5.74) is 3.39. The Labute approximate surface area is 100 Å². The van der Waals surface area contributed by atoms with Crippen LogP contribution >= 0.6 is 0 Å². The molecular weight excluding hydrogens is 196 g/mol. The summed E-state index contributed by atoms with van der Waals surface area (Å²) in [4.78, 5) is 0.